The van der Waals surface area contributed by atoms with Crippen molar-refractivity contribution in [2.24, 2.45) is 10.4 Å². The summed E-state index contributed by atoms with van der Waals surface area (Å²) in [5.41, 5.74) is 0.293. The Morgan fingerprint density at radius 3 is 2.34 bits per heavy atom. The molecule has 1 saturated heterocycles. The first-order valence-corrected chi connectivity index (χ1v) is 10.6. The number of amides is 1. The lowest BCUT2D eigenvalue weighted by Crippen LogP contribution is -2.48. The summed E-state index contributed by atoms with van der Waals surface area (Å²) in [7, 11) is 7.82. The zero-order chi connectivity index (χ0) is 20.4. The Bertz CT molecular complexity index is 503. The van der Waals surface area contributed by atoms with Crippen molar-refractivity contribution >= 4 is 35.8 Å². The fourth-order valence-electron chi connectivity index (χ4n) is 4.08. The highest BCUT2D eigenvalue weighted by atomic mass is 127. The highest BCUT2D eigenvalue weighted by Crippen LogP contribution is 2.37. The van der Waals surface area contributed by atoms with Gasteiger partial charge in [-0.3, -0.25) is 9.69 Å². The van der Waals surface area contributed by atoms with Crippen LogP contribution in [-0.4, -0.2) is 114 Å². The van der Waals surface area contributed by atoms with Gasteiger partial charge in [0.05, 0.1) is 13.2 Å². The number of hydrogen-bond donors (Lipinski definition) is 2. The predicted molar refractivity (Wildman–Crippen MR) is 129 cm³/mol. The average Bonchev–Trinajstić information content (AvgIpc) is 3.11. The van der Waals surface area contributed by atoms with E-state index in [0.29, 0.717) is 5.41 Å². The van der Waals surface area contributed by atoms with Gasteiger partial charge in [-0.15, -0.1) is 24.0 Å². The molecule has 1 aliphatic heterocycles. The largest absolute Gasteiger partial charge is 0.379 e. The molecule has 0 aromatic carbocycles. The number of ether oxygens (including phenoxy) is 1. The molecule has 2 rings (SSSR count). The molecule has 1 amide bonds. The van der Waals surface area contributed by atoms with Crippen molar-refractivity contribution in [2.75, 3.05) is 87.2 Å². The fraction of sp³-hybridized carbons (Fsp3) is 0.900. The van der Waals surface area contributed by atoms with E-state index in [-0.39, 0.29) is 36.4 Å². The monoisotopic (exact) mass is 524 g/mol. The second-order valence-corrected chi connectivity index (χ2v) is 8.63. The number of rotatable bonds is 9. The number of nitrogens with zero attached hydrogens (tertiary/aromatic N) is 4. The van der Waals surface area contributed by atoms with Crippen LogP contribution in [0.25, 0.3) is 0 Å². The van der Waals surface area contributed by atoms with Gasteiger partial charge < -0.3 is 25.2 Å². The van der Waals surface area contributed by atoms with Crippen molar-refractivity contribution in [3.8, 4) is 0 Å². The van der Waals surface area contributed by atoms with Crippen molar-refractivity contribution in [1.82, 2.24) is 25.3 Å². The highest BCUT2D eigenvalue weighted by molar-refractivity contribution is 14.0. The Hall–Kier alpha value is -0.650. The molecule has 0 aromatic rings. The second-order valence-electron chi connectivity index (χ2n) is 8.63. The molecule has 0 aromatic heterocycles. The van der Waals surface area contributed by atoms with Crippen LogP contribution in [0.1, 0.15) is 25.7 Å². The van der Waals surface area contributed by atoms with E-state index in [9.17, 15) is 4.79 Å². The van der Waals surface area contributed by atoms with Crippen LogP contribution in [-0.2, 0) is 9.53 Å². The summed E-state index contributed by atoms with van der Waals surface area (Å²) >= 11 is 0. The molecule has 8 nitrogen and oxygen atoms in total. The third-order valence-electron chi connectivity index (χ3n) is 5.64. The lowest BCUT2D eigenvalue weighted by Gasteiger charge is -2.33. The molecule has 2 aliphatic rings. The van der Waals surface area contributed by atoms with Crippen LogP contribution < -0.4 is 10.6 Å². The van der Waals surface area contributed by atoms with Gasteiger partial charge in [0.25, 0.3) is 0 Å². The Morgan fingerprint density at radius 2 is 1.76 bits per heavy atom. The van der Waals surface area contributed by atoms with Gasteiger partial charge in [0.15, 0.2) is 5.96 Å². The third kappa shape index (κ3) is 9.80. The lowest BCUT2D eigenvalue weighted by molar-refractivity contribution is -0.127. The van der Waals surface area contributed by atoms with Gasteiger partial charge in [-0.05, 0) is 26.9 Å². The number of carbonyl (C=O) groups excluding carboxylic acids is 1. The van der Waals surface area contributed by atoms with Gasteiger partial charge in [0, 0.05) is 58.8 Å². The van der Waals surface area contributed by atoms with Crippen LogP contribution in [0.3, 0.4) is 0 Å². The molecule has 2 fully saturated rings. The fourth-order valence-corrected chi connectivity index (χ4v) is 4.08. The molecular weight excluding hydrogens is 483 g/mol. The maximum atomic E-state index is 12.0. The first-order chi connectivity index (χ1) is 13.4. The molecule has 1 aliphatic carbocycles. The summed E-state index contributed by atoms with van der Waals surface area (Å²) in [5, 5.41) is 6.97. The minimum Gasteiger partial charge on any atom is -0.379 e. The number of likely N-dealkylation sites (N-methyl/N-ethyl adjacent to an activating group) is 1. The van der Waals surface area contributed by atoms with Crippen LogP contribution in [0, 0.1) is 5.41 Å². The SMILES string of the molecule is CN(C)CC1(CNC(=NCC(=O)N(C)C)NCCN2CCOCC2)CCCC1.I. The van der Waals surface area contributed by atoms with E-state index in [2.05, 4.69) is 39.5 Å². The molecule has 170 valence electrons. The maximum Gasteiger partial charge on any atom is 0.243 e. The van der Waals surface area contributed by atoms with Crippen LogP contribution >= 0.6 is 24.0 Å². The van der Waals surface area contributed by atoms with Crippen LogP contribution in [0.4, 0.5) is 0 Å². The summed E-state index contributed by atoms with van der Waals surface area (Å²) in [5.74, 6) is 0.756. The minimum atomic E-state index is 0. The van der Waals surface area contributed by atoms with Gasteiger partial charge in [0.1, 0.15) is 6.54 Å². The smallest absolute Gasteiger partial charge is 0.243 e. The van der Waals surface area contributed by atoms with E-state index in [0.717, 1.165) is 58.4 Å². The molecule has 9 heteroatoms. The summed E-state index contributed by atoms with van der Waals surface area (Å²) in [4.78, 5) is 22.8. The van der Waals surface area contributed by atoms with Crippen molar-refractivity contribution < 1.29 is 9.53 Å². The first kappa shape index (κ1) is 26.4. The van der Waals surface area contributed by atoms with E-state index in [1.165, 1.54) is 25.7 Å². The Kier molecular flexibility index (Phi) is 12.4. The van der Waals surface area contributed by atoms with Crippen LogP contribution in [0.15, 0.2) is 4.99 Å². The van der Waals surface area contributed by atoms with E-state index >= 15 is 0 Å². The molecule has 1 saturated carbocycles. The number of carbonyl (C=O) groups is 1. The zero-order valence-electron chi connectivity index (χ0n) is 18.7. The Morgan fingerprint density at radius 1 is 1.10 bits per heavy atom. The molecule has 0 unspecified atom stereocenters. The summed E-state index contributed by atoms with van der Waals surface area (Å²) in [6.07, 6.45) is 5.09. The number of morpholine rings is 1. The summed E-state index contributed by atoms with van der Waals surface area (Å²) in [6.45, 7) is 7.48. The van der Waals surface area contributed by atoms with Crippen molar-refractivity contribution in [3.63, 3.8) is 0 Å². The van der Waals surface area contributed by atoms with E-state index < -0.39 is 0 Å². The molecule has 0 bridgehead atoms. The molecule has 2 N–H and O–H groups in total. The summed E-state index contributed by atoms with van der Waals surface area (Å²) < 4.78 is 5.41. The quantitative estimate of drug-likeness (QED) is 0.263. The zero-order valence-corrected chi connectivity index (χ0v) is 21.0. The normalized spacial score (nSPS) is 19.7. The molecule has 1 heterocycles. The minimum absolute atomic E-state index is 0. The number of guanidine groups is 1. The number of halogens is 1. The second kappa shape index (κ2) is 13.6. The third-order valence-corrected chi connectivity index (χ3v) is 5.64. The maximum absolute atomic E-state index is 12.0. The van der Waals surface area contributed by atoms with Gasteiger partial charge in [-0.25, -0.2) is 4.99 Å². The Balaban J connectivity index is 0.00000420. The molecule has 0 radical (unpaired) electrons. The van der Waals surface area contributed by atoms with E-state index in [1.807, 2.05) is 0 Å². The molecule has 29 heavy (non-hydrogen) atoms. The van der Waals surface area contributed by atoms with Crippen LogP contribution in [0.2, 0.25) is 0 Å². The van der Waals surface area contributed by atoms with E-state index in [4.69, 9.17) is 4.74 Å². The van der Waals surface area contributed by atoms with Gasteiger partial charge in [-0.2, -0.15) is 0 Å². The van der Waals surface area contributed by atoms with Crippen molar-refractivity contribution in [3.05, 3.63) is 0 Å². The first-order valence-electron chi connectivity index (χ1n) is 10.6. The van der Waals surface area contributed by atoms with Crippen molar-refractivity contribution in [1.29, 1.82) is 0 Å². The highest BCUT2D eigenvalue weighted by Gasteiger charge is 2.34. The average molecular weight is 524 g/mol. The number of nitrogens with one attached hydrogen (secondary N) is 2. The predicted octanol–water partition coefficient (Wildman–Crippen LogP) is 0.682. The molecular formula is C20H41IN6O2. The Labute approximate surface area is 193 Å². The van der Waals surface area contributed by atoms with Gasteiger partial charge >= 0.3 is 0 Å². The van der Waals surface area contributed by atoms with Crippen molar-refractivity contribution in [2.45, 2.75) is 25.7 Å². The summed E-state index contributed by atoms with van der Waals surface area (Å²) in [6, 6.07) is 0. The lowest BCUT2D eigenvalue weighted by atomic mass is 9.85. The molecule has 0 spiro atoms. The number of aliphatic imine (C=N–C) groups is 1. The van der Waals surface area contributed by atoms with Gasteiger partial charge in [0.2, 0.25) is 5.91 Å². The topological polar surface area (TPSA) is 72.4 Å². The molecule has 0 atom stereocenters. The van der Waals surface area contributed by atoms with E-state index in [1.54, 1.807) is 19.0 Å². The number of hydrogen-bond acceptors (Lipinski definition) is 5. The van der Waals surface area contributed by atoms with Crippen LogP contribution in [0.5, 0.6) is 0 Å². The standard InChI is InChI=1S/C20H40N6O2.HI/c1-24(2)17-20(7-5-6-8-20)16-23-19(22-15-18(27)25(3)4)21-9-10-26-11-13-28-14-12-26;/h5-17H2,1-4H3,(H2,21,22,23);1H. The van der Waals surface area contributed by atoms with Gasteiger partial charge in [-0.1, -0.05) is 12.8 Å².